The molecular weight excluding hydrogens is 284 g/mol. The molecular formula is C16H28N2O4. The van der Waals surface area contributed by atoms with Gasteiger partial charge in [-0.1, -0.05) is 0 Å². The third-order valence-electron chi connectivity index (χ3n) is 3.63. The van der Waals surface area contributed by atoms with Crippen molar-refractivity contribution in [2.24, 2.45) is 5.92 Å². The summed E-state index contributed by atoms with van der Waals surface area (Å²) in [4.78, 5) is 34.9. The number of amides is 2. The number of ether oxygens (including phenoxy) is 1. The highest BCUT2D eigenvalue weighted by Crippen LogP contribution is 2.27. The van der Waals surface area contributed by atoms with Crippen molar-refractivity contribution in [3.63, 3.8) is 0 Å². The third-order valence-corrected chi connectivity index (χ3v) is 3.63. The van der Waals surface area contributed by atoms with Crippen molar-refractivity contribution in [1.82, 2.24) is 10.6 Å². The van der Waals surface area contributed by atoms with E-state index in [1.807, 2.05) is 20.8 Å². The molecule has 6 nitrogen and oxygen atoms in total. The fourth-order valence-electron chi connectivity index (χ4n) is 2.56. The molecule has 0 heterocycles. The molecule has 0 aromatic carbocycles. The molecule has 0 aromatic rings. The number of hydrogen-bond donors (Lipinski definition) is 2. The molecule has 1 saturated carbocycles. The molecule has 0 spiro atoms. The first-order valence-corrected chi connectivity index (χ1v) is 7.89. The molecule has 6 heteroatoms. The van der Waals surface area contributed by atoms with E-state index in [4.69, 9.17) is 4.74 Å². The van der Waals surface area contributed by atoms with Gasteiger partial charge in [0.2, 0.25) is 11.8 Å². The summed E-state index contributed by atoms with van der Waals surface area (Å²) in [6, 6.07) is -0.483. The average Bonchev–Trinajstić information content (AvgIpc) is 2.36. The Morgan fingerprint density at radius 2 is 1.64 bits per heavy atom. The molecule has 1 atom stereocenters. The topological polar surface area (TPSA) is 84.5 Å². The van der Waals surface area contributed by atoms with Crippen LogP contribution in [0.1, 0.15) is 60.3 Å². The third kappa shape index (κ3) is 6.45. The zero-order chi connectivity index (χ0) is 16.9. The Morgan fingerprint density at radius 3 is 2.09 bits per heavy atom. The SMILES string of the molecule is CC(=O)N[C@H](C)C(=O)NC1CCC(C(=O)OC(C)(C)C)CC1. The van der Waals surface area contributed by atoms with E-state index >= 15 is 0 Å². The highest BCUT2D eigenvalue weighted by Gasteiger charge is 2.30. The molecule has 22 heavy (non-hydrogen) atoms. The van der Waals surface area contributed by atoms with E-state index in [9.17, 15) is 14.4 Å². The van der Waals surface area contributed by atoms with Crippen molar-refractivity contribution in [2.45, 2.75) is 78.0 Å². The van der Waals surface area contributed by atoms with Crippen LogP contribution in [-0.2, 0) is 19.1 Å². The predicted molar refractivity (Wildman–Crippen MR) is 83.0 cm³/mol. The summed E-state index contributed by atoms with van der Waals surface area (Å²) in [5.74, 6) is -0.642. The molecule has 126 valence electrons. The van der Waals surface area contributed by atoms with Crippen LogP contribution >= 0.6 is 0 Å². The van der Waals surface area contributed by atoms with Gasteiger partial charge in [-0.3, -0.25) is 14.4 Å². The highest BCUT2D eigenvalue weighted by atomic mass is 16.6. The number of esters is 1. The lowest BCUT2D eigenvalue weighted by atomic mass is 9.86. The lowest BCUT2D eigenvalue weighted by Gasteiger charge is -2.30. The summed E-state index contributed by atoms with van der Waals surface area (Å²) >= 11 is 0. The smallest absolute Gasteiger partial charge is 0.309 e. The summed E-state index contributed by atoms with van der Waals surface area (Å²) in [6.07, 6.45) is 2.94. The number of carbonyl (C=O) groups excluding carboxylic acids is 3. The van der Waals surface area contributed by atoms with Gasteiger partial charge < -0.3 is 15.4 Å². The second-order valence-electron chi connectivity index (χ2n) is 7.01. The van der Waals surface area contributed by atoms with Crippen LogP contribution in [0.4, 0.5) is 0 Å². The van der Waals surface area contributed by atoms with Gasteiger partial charge in [-0.2, -0.15) is 0 Å². The summed E-state index contributed by atoms with van der Waals surface area (Å²) in [7, 11) is 0. The Balaban J connectivity index is 2.38. The number of carbonyl (C=O) groups is 3. The van der Waals surface area contributed by atoms with E-state index in [1.54, 1.807) is 6.92 Å². The summed E-state index contributed by atoms with van der Waals surface area (Å²) in [6.45, 7) is 8.62. The molecule has 1 rings (SSSR count). The van der Waals surface area contributed by atoms with E-state index < -0.39 is 11.6 Å². The van der Waals surface area contributed by atoms with Gasteiger partial charge in [0.15, 0.2) is 0 Å². The lowest BCUT2D eigenvalue weighted by Crippen LogP contribution is -2.48. The Hall–Kier alpha value is -1.59. The van der Waals surface area contributed by atoms with Crippen molar-refractivity contribution >= 4 is 17.8 Å². The number of hydrogen-bond acceptors (Lipinski definition) is 4. The lowest BCUT2D eigenvalue weighted by molar-refractivity contribution is -0.161. The van der Waals surface area contributed by atoms with Crippen LogP contribution < -0.4 is 10.6 Å². The van der Waals surface area contributed by atoms with Gasteiger partial charge in [0, 0.05) is 13.0 Å². The van der Waals surface area contributed by atoms with Gasteiger partial charge in [0.25, 0.3) is 0 Å². The zero-order valence-corrected chi connectivity index (χ0v) is 14.2. The largest absolute Gasteiger partial charge is 0.460 e. The molecule has 0 saturated heterocycles. The van der Waals surface area contributed by atoms with E-state index in [2.05, 4.69) is 10.6 Å². The minimum Gasteiger partial charge on any atom is -0.460 e. The molecule has 2 amide bonds. The maximum atomic E-state index is 12.0. The van der Waals surface area contributed by atoms with E-state index in [-0.39, 0.29) is 29.7 Å². The molecule has 2 N–H and O–H groups in total. The minimum atomic E-state index is -0.541. The Bertz CT molecular complexity index is 420. The van der Waals surface area contributed by atoms with Crippen LogP contribution in [0.25, 0.3) is 0 Å². The maximum absolute atomic E-state index is 12.0. The average molecular weight is 312 g/mol. The molecule has 1 aliphatic carbocycles. The van der Waals surface area contributed by atoms with Gasteiger partial charge in [0.1, 0.15) is 11.6 Å². The van der Waals surface area contributed by atoms with Crippen molar-refractivity contribution < 1.29 is 19.1 Å². The van der Waals surface area contributed by atoms with Crippen LogP contribution in [0, 0.1) is 5.92 Å². The first-order valence-electron chi connectivity index (χ1n) is 7.89. The predicted octanol–water partition coefficient (Wildman–Crippen LogP) is 1.53. The summed E-state index contributed by atoms with van der Waals surface area (Å²) < 4.78 is 5.40. The van der Waals surface area contributed by atoms with Crippen LogP contribution in [0.3, 0.4) is 0 Å². The zero-order valence-electron chi connectivity index (χ0n) is 14.2. The first-order chi connectivity index (χ1) is 10.1. The van der Waals surface area contributed by atoms with Crippen LogP contribution in [0.5, 0.6) is 0 Å². The Kier molecular flexibility index (Phi) is 6.38. The van der Waals surface area contributed by atoms with E-state index in [0.717, 1.165) is 12.8 Å². The van der Waals surface area contributed by atoms with Crippen LogP contribution in [0.2, 0.25) is 0 Å². The number of rotatable bonds is 4. The first kappa shape index (κ1) is 18.5. The second-order valence-corrected chi connectivity index (χ2v) is 7.01. The molecule has 0 radical (unpaired) electrons. The molecule has 0 aliphatic heterocycles. The quantitative estimate of drug-likeness (QED) is 0.771. The monoisotopic (exact) mass is 312 g/mol. The minimum absolute atomic E-state index is 0.0578. The van der Waals surface area contributed by atoms with E-state index in [0.29, 0.717) is 12.8 Å². The molecule has 0 unspecified atom stereocenters. The van der Waals surface area contributed by atoms with Crippen molar-refractivity contribution in [3.05, 3.63) is 0 Å². The van der Waals surface area contributed by atoms with Crippen molar-refractivity contribution in [2.75, 3.05) is 0 Å². The van der Waals surface area contributed by atoms with Gasteiger partial charge in [-0.05, 0) is 53.4 Å². The molecule has 0 aromatic heterocycles. The highest BCUT2D eigenvalue weighted by molar-refractivity contribution is 5.86. The standard InChI is InChI=1S/C16H28N2O4/c1-10(17-11(2)19)14(20)18-13-8-6-12(7-9-13)15(21)22-16(3,4)5/h10,12-13H,6-9H2,1-5H3,(H,17,19)(H,18,20)/t10-,12?,13?/m1/s1. The summed E-state index contributed by atoms with van der Waals surface area (Å²) in [5.41, 5.74) is -0.462. The Morgan fingerprint density at radius 1 is 1.09 bits per heavy atom. The van der Waals surface area contributed by atoms with Gasteiger partial charge in [0.05, 0.1) is 5.92 Å². The van der Waals surface area contributed by atoms with Gasteiger partial charge in [-0.25, -0.2) is 0 Å². The van der Waals surface area contributed by atoms with Crippen LogP contribution in [0.15, 0.2) is 0 Å². The van der Waals surface area contributed by atoms with Gasteiger partial charge >= 0.3 is 5.97 Å². The normalized spacial score (nSPS) is 23.3. The maximum Gasteiger partial charge on any atom is 0.309 e. The molecule has 1 aliphatic rings. The molecule has 0 bridgehead atoms. The van der Waals surface area contributed by atoms with Crippen molar-refractivity contribution in [1.29, 1.82) is 0 Å². The van der Waals surface area contributed by atoms with Crippen molar-refractivity contribution in [3.8, 4) is 0 Å². The number of nitrogens with one attached hydrogen (secondary N) is 2. The van der Waals surface area contributed by atoms with Crippen LogP contribution in [-0.4, -0.2) is 35.5 Å². The fourth-order valence-corrected chi connectivity index (χ4v) is 2.56. The second kappa shape index (κ2) is 7.61. The van der Waals surface area contributed by atoms with Gasteiger partial charge in [-0.15, -0.1) is 0 Å². The Labute approximate surface area is 132 Å². The van der Waals surface area contributed by atoms with E-state index in [1.165, 1.54) is 6.92 Å². The molecule has 1 fully saturated rings. The summed E-state index contributed by atoms with van der Waals surface area (Å²) in [5, 5.41) is 5.49. The fraction of sp³-hybridized carbons (Fsp3) is 0.812.